The van der Waals surface area contributed by atoms with Crippen molar-refractivity contribution >= 4 is 27.0 Å². The molecule has 26 heavy (non-hydrogen) atoms. The first-order valence-electron chi connectivity index (χ1n) is 8.37. The van der Waals surface area contributed by atoms with Gasteiger partial charge < -0.3 is 10.1 Å². The number of hydrogen-bond donors (Lipinski definition) is 1. The molecule has 1 N–H and O–H groups in total. The molecule has 1 atom stereocenters. The van der Waals surface area contributed by atoms with Gasteiger partial charge in [-0.3, -0.25) is 4.79 Å². The lowest BCUT2D eigenvalue weighted by molar-refractivity contribution is -0.121. The molecular formula is C16H25N5O4S. The summed E-state index contributed by atoms with van der Waals surface area (Å²) < 4.78 is 33.1. The van der Waals surface area contributed by atoms with Crippen molar-refractivity contribution in [2.24, 2.45) is 0 Å². The number of hydrogen-bond acceptors (Lipinski definition) is 6. The number of nitrogens with zero attached hydrogens (tertiary/aromatic N) is 4. The highest BCUT2D eigenvalue weighted by molar-refractivity contribution is 7.89. The lowest BCUT2D eigenvalue weighted by atomic mass is 10.2. The van der Waals surface area contributed by atoms with Crippen LogP contribution in [-0.2, 0) is 26.1 Å². The summed E-state index contributed by atoms with van der Waals surface area (Å²) in [4.78, 5) is 12.0. The Bertz CT molecular complexity index is 865. The van der Waals surface area contributed by atoms with Gasteiger partial charge in [-0.25, -0.2) is 13.1 Å². The van der Waals surface area contributed by atoms with E-state index in [1.165, 1.54) is 19.2 Å². The fourth-order valence-electron chi connectivity index (χ4n) is 2.35. The van der Waals surface area contributed by atoms with Gasteiger partial charge in [-0.05, 0) is 31.5 Å². The predicted molar refractivity (Wildman–Crippen MR) is 97.1 cm³/mol. The molecule has 144 valence electrons. The fourth-order valence-corrected chi connectivity index (χ4v) is 3.49. The van der Waals surface area contributed by atoms with Gasteiger partial charge in [-0.2, -0.15) is 4.31 Å². The third-order valence-electron chi connectivity index (χ3n) is 4.09. The van der Waals surface area contributed by atoms with E-state index in [2.05, 4.69) is 15.6 Å². The summed E-state index contributed by atoms with van der Waals surface area (Å²) in [7, 11) is -0.831. The smallest absolute Gasteiger partial charge is 0.243 e. The number of nitrogens with one attached hydrogen (secondary N) is 1. The first-order valence-corrected chi connectivity index (χ1v) is 9.81. The van der Waals surface area contributed by atoms with Gasteiger partial charge in [0.15, 0.2) is 0 Å². The Hall–Kier alpha value is -2.04. The van der Waals surface area contributed by atoms with Crippen molar-refractivity contribution in [1.82, 2.24) is 24.6 Å². The molecule has 0 unspecified atom stereocenters. The molecule has 0 saturated carbocycles. The van der Waals surface area contributed by atoms with E-state index in [-0.39, 0.29) is 23.4 Å². The van der Waals surface area contributed by atoms with Crippen molar-refractivity contribution < 1.29 is 17.9 Å². The van der Waals surface area contributed by atoms with Crippen LogP contribution in [0.15, 0.2) is 23.1 Å². The molecule has 0 fully saturated rings. The van der Waals surface area contributed by atoms with E-state index in [1.54, 1.807) is 17.9 Å². The first-order chi connectivity index (χ1) is 12.3. The van der Waals surface area contributed by atoms with Crippen molar-refractivity contribution in [3.8, 4) is 0 Å². The van der Waals surface area contributed by atoms with E-state index in [4.69, 9.17) is 4.74 Å². The summed E-state index contributed by atoms with van der Waals surface area (Å²) in [6.45, 7) is 4.57. The second-order valence-electron chi connectivity index (χ2n) is 6.09. The highest BCUT2D eigenvalue weighted by Crippen LogP contribution is 2.20. The minimum atomic E-state index is -3.80. The van der Waals surface area contributed by atoms with E-state index >= 15 is 0 Å². The fraction of sp³-hybridized carbons (Fsp3) is 0.562. The molecule has 0 aliphatic carbocycles. The van der Waals surface area contributed by atoms with Crippen molar-refractivity contribution in [3.63, 3.8) is 0 Å². The average molecular weight is 383 g/mol. The van der Waals surface area contributed by atoms with Crippen LogP contribution in [0, 0.1) is 0 Å². The molecule has 2 rings (SSSR count). The van der Waals surface area contributed by atoms with Crippen molar-refractivity contribution in [3.05, 3.63) is 18.2 Å². The molecule has 10 heteroatoms. The van der Waals surface area contributed by atoms with E-state index < -0.39 is 10.0 Å². The lowest BCUT2D eigenvalue weighted by Gasteiger charge is -2.18. The molecule has 1 aromatic heterocycles. The molecule has 0 aliphatic heterocycles. The normalized spacial score (nSPS) is 13.3. The number of ether oxygens (including phenoxy) is 1. The number of likely N-dealkylation sites (N-methyl/N-ethyl adjacent to an activating group) is 1. The standard InChI is InChI=1S/C16H25N5O4S/c1-5-12(2)17-16(22)11-20(3)26(23,24)13-6-7-15-14(10-13)18-19-21(15)8-9-25-4/h6-7,10,12H,5,8-9,11H2,1-4H3,(H,17,22)/t12-/m1/s1. The number of aromatic nitrogens is 3. The summed E-state index contributed by atoms with van der Waals surface area (Å²) >= 11 is 0. The number of methoxy groups -OCH3 is 1. The first kappa shape index (κ1) is 20.3. The monoisotopic (exact) mass is 383 g/mol. The van der Waals surface area contributed by atoms with Gasteiger partial charge in [-0.15, -0.1) is 5.10 Å². The number of rotatable bonds is 9. The largest absolute Gasteiger partial charge is 0.383 e. The summed E-state index contributed by atoms with van der Waals surface area (Å²) in [6, 6.07) is 4.61. The quantitative estimate of drug-likeness (QED) is 0.680. The maximum Gasteiger partial charge on any atom is 0.243 e. The molecule has 1 heterocycles. The highest BCUT2D eigenvalue weighted by Gasteiger charge is 2.24. The van der Waals surface area contributed by atoms with E-state index in [0.29, 0.717) is 18.7 Å². The minimum Gasteiger partial charge on any atom is -0.383 e. The molecule has 2 aromatic rings. The third kappa shape index (κ3) is 4.57. The lowest BCUT2D eigenvalue weighted by Crippen LogP contribution is -2.41. The Balaban J connectivity index is 2.18. The van der Waals surface area contributed by atoms with Crippen molar-refractivity contribution in [1.29, 1.82) is 0 Å². The number of sulfonamides is 1. The topological polar surface area (TPSA) is 106 Å². The van der Waals surface area contributed by atoms with Crippen molar-refractivity contribution in [2.75, 3.05) is 27.3 Å². The van der Waals surface area contributed by atoms with Gasteiger partial charge in [0.1, 0.15) is 5.52 Å². The Morgan fingerprint density at radius 3 is 2.81 bits per heavy atom. The van der Waals surface area contributed by atoms with Gasteiger partial charge in [0, 0.05) is 20.2 Å². The van der Waals surface area contributed by atoms with E-state index in [0.717, 1.165) is 16.2 Å². The average Bonchev–Trinajstić information content (AvgIpc) is 3.01. The summed E-state index contributed by atoms with van der Waals surface area (Å²) in [5.74, 6) is -0.336. The predicted octanol–water partition coefficient (Wildman–Crippen LogP) is 0.613. The number of benzene rings is 1. The summed E-state index contributed by atoms with van der Waals surface area (Å²) in [6.07, 6.45) is 0.775. The maximum atomic E-state index is 12.7. The van der Waals surface area contributed by atoms with E-state index in [1.807, 2.05) is 13.8 Å². The number of fused-ring (bicyclic) bond motifs is 1. The van der Waals surface area contributed by atoms with Gasteiger partial charge >= 0.3 is 0 Å². The Morgan fingerprint density at radius 2 is 2.15 bits per heavy atom. The number of carbonyl (C=O) groups excluding carboxylic acids is 1. The van der Waals surface area contributed by atoms with Crippen LogP contribution >= 0.6 is 0 Å². The zero-order valence-corrected chi connectivity index (χ0v) is 16.3. The second-order valence-corrected chi connectivity index (χ2v) is 8.14. The molecule has 0 bridgehead atoms. The second kappa shape index (κ2) is 8.56. The van der Waals surface area contributed by atoms with Crippen LogP contribution < -0.4 is 5.32 Å². The van der Waals surface area contributed by atoms with Crippen LogP contribution in [-0.4, -0.2) is 67.0 Å². The van der Waals surface area contributed by atoms with Gasteiger partial charge in [0.25, 0.3) is 0 Å². The highest BCUT2D eigenvalue weighted by atomic mass is 32.2. The number of amides is 1. The van der Waals surface area contributed by atoms with Crippen LogP contribution in [0.3, 0.4) is 0 Å². The van der Waals surface area contributed by atoms with Crippen LogP contribution in [0.5, 0.6) is 0 Å². The van der Waals surface area contributed by atoms with Crippen LogP contribution in [0.4, 0.5) is 0 Å². The molecule has 1 amide bonds. The zero-order chi connectivity index (χ0) is 19.3. The Morgan fingerprint density at radius 1 is 1.42 bits per heavy atom. The van der Waals surface area contributed by atoms with E-state index in [9.17, 15) is 13.2 Å². The van der Waals surface area contributed by atoms with Gasteiger partial charge in [0.05, 0.1) is 30.1 Å². The van der Waals surface area contributed by atoms with Gasteiger partial charge in [-0.1, -0.05) is 12.1 Å². The molecule has 1 aromatic carbocycles. The Labute approximate surface area is 153 Å². The Kier molecular flexibility index (Phi) is 6.68. The van der Waals surface area contributed by atoms with Crippen LogP contribution in [0.1, 0.15) is 20.3 Å². The number of carbonyl (C=O) groups is 1. The summed E-state index contributed by atoms with van der Waals surface area (Å²) in [5, 5.41) is 10.8. The van der Waals surface area contributed by atoms with Crippen LogP contribution in [0.2, 0.25) is 0 Å². The molecule has 0 saturated heterocycles. The van der Waals surface area contributed by atoms with Gasteiger partial charge in [0.2, 0.25) is 15.9 Å². The van der Waals surface area contributed by atoms with Crippen LogP contribution in [0.25, 0.3) is 11.0 Å². The molecule has 9 nitrogen and oxygen atoms in total. The SMILES string of the molecule is CC[C@@H](C)NC(=O)CN(C)S(=O)(=O)c1ccc2c(c1)nnn2CCOC. The van der Waals surface area contributed by atoms with Crippen molar-refractivity contribution in [2.45, 2.75) is 37.8 Å². The molecule has 0 aliphatic rings. The molecule has 0 spiro atoms. The third-order valence-corrected chi connectivity index (χ3v) is 5.89. The minimum absolute atomic E-state index is 0.00269. The zero-order valence-electron chi connectivity index (χ0n) is 15.5. The molecular weight excluding hydrogens is 358 g/mol. The summed E-state index contributed by atoms with van der Waals surface area (Å²) in [5.41, 5.74) is 1.19. The molecule has 0 radical (unpaired) electrons. The maximum absolute atomic E-state index is 12.7.